The van der Waals surface area contributed by atoms with Crippen molar-refractivity contribution in [2.24, 2.45) is 0 Å². The van der Waals surface area contributed by atoms with Crippen LogP contribution in [0.25, 0.3) is 0 Å². The van der Waals surface area contributed by atoms with E-state index in [1.807, 2.05) is 11.8 Å². The van der Waals surface area contributed by atoms with E-state index in [0.717, 1.165) is 6.54 Å². The van der Waals surface area contributed by atoms with E-state index in [9.17, 15) is 0 Å². The molecule has 1 nitrogen and oxygen atoms in total. The molecule has 1 atom stereocenters. The van der Waals surface area contributed by atoms with E-state index in [0.29, 0.717) is 6.04 Å². The average molecular weight is 330 g/mol. The Morgan fingerprint density at radius 2 is 2.06 bits per heavy atom. The van der Waals surface area contributed by atoms with Crippen LogP contribution in [0, 0.1) is 0 Å². The van der Waals surface area contributed by atoms with Crippen LogP contribution in [0.5, 0.6) is 0 Å². The summed E-state index contributed by atoms with van der Waals surface area (Å²) in [6, 6.07) is 7.13. The summed E-state index contributed by atoms with van der Waals surface area (Å²) in [6.45, 7) is 7.60. The van der Waals surface area contributed by atoms with E-state index >= 15 is 0 Å². The molecule has 0 spiro atoms. The van der Waals surface area contributed by atoms with E-state index in [-0.39, 0.29) is 0 Å². The Bertz CT molecular complexity index is 354. The number of thioether (sulfide) groups is 1. The van der Waals surface area contributed by atoms with Crippen LogP contribution in [-0.2, 0) is 0 Å². The Labute approximate surface area is 124 Å². The van der Waals surface area contributed by atoms with Crippen LogP contribution in [0.15, 0.2) is 27.6 Å². The first kappa shape index (κ1) is 16.1. The van der Waals surface area contributed by atoms with Crippen LogP contribution in [-0.4, -0.2) is 12.3 Å². The van der Waals surface area contributed by atoms with Gasteiger partial charge in [0.25, 0.3) is 0 Å². The zero-order valence-electron chi connectivity index (χ0n) is 11.6. The Morgan fingerprint density at radius 3 is 2.67 bits per heavy atom. The molecule has 0 fully saturated rings. The van der Waals surface area contributed by atoms with Crippen molar-refractivity contribution in [3.05, 3.63) is 28.2 Å². The second-order valence-corrected chi connectivity index (χ2v) is 6.54. The highest BCUT2D eigenvalue weighted by atomic mass is 79.9. The van der Waals surface area contributed by atoms with Crippen LogP contribution in [0.1, 0.15) is 51.6 Å². The predicted octanol–water partition coefficient (Wildman–Crippen LogP) is 5.40. The summed E-state index contributed by atoms with van der Waals surface area (Å²) in [5.41, 5.74) is 1.34. The highest BCUT2D eigenvalue weighted by molar-refractivity contribution is 9.10. The number of unbranched alkanes of at least 4 members (excludes halogenated alkanes) is 2. The number of halogens is 1. The highest BCUT2D eigenvalue weighted by Gasteiger charge is 2.08. The molecule has 0 heterocycles. The maximum Gasteiger partial charge on any atom is 0.0302 e. The zero-order chi connectivity index (χ0) is 13.4. The Kier molecular flexibility index (Phi) is 8.03. The molecule has 0 bridgehead atoms. The van der Waals surface area contributed by atoms with Crippen molar-refractivity contribution in [2.75, 3.05) is 12.3 Å². The molecule has 1 rings (SSSR count). The van der Waals surface area contributed by atoms with E-state index in [4.69, 9.17) is 0 Å². The molecule has 102 valence electrons. The summed E-state index contributed by atoms with van der Waals surface area (Å²) in [5, 5.41) is 3.45. The average Bonchev–Trinajstić information content (AvgIpc) is 2.35. The maximum absolute atomic E-state index is 3.69. The van der Waals surface area contributed by atoms with Gasteiger partial charge in [0.05, 0.1) is 0 Å². The second-order valence-electron chi connectivity index (χ2n) is 4.52. The van der Waals surface area contributed by atoms with Crippen LogP contribution in [0.2, 0.25) is 0 Å². The van der Waals surface area contributed by atoms with Crippen LogP contribution in [0.3, 0.4) is 0 Å². The molecule has 0 saturated carbocycles. The van der Waals surface area contributed by atoms with Gasteiger partial charge in [-0.1, -0.05) is 48.7 Å². The highest BCUT2D eigenvalue weighted by Crippen LogP contribution is 2.29. The van der Waals surface area contributed by atoms with Gasteiger partial charge in [0.2, 0.25) is 0 Å². The minimum Gasteiger partial charge on any atom is -0.310 e. The van der Waals surface area contributed by atoms with Crippen molar-refractivity contribution in [2.45, 2.75) is 51.0 Å². The molecule has 0 aliphatic rings. The van der Waals surface area contributed by atoms with Gasteiger partial charge in [-0.3, -0.25) is 0 Å². The molecule has 0 saturated heterocycles. The summed E-state index contributed by atoms with van der Waals surface area (Å²) in [7, 11) is 0. The van der Waals surface area contributed by atoms with Gasteiger partial charge in [0.15, 0.2) is 0 Å². The van der Waals surface area contributed by atoms with E-state index in [2.05, 4.69) is 60.2 Å². The van der Waals surface area contributed by atoms with Crippen molar-refractivity contribution in [1.29, 1.82) is 0 Å². The van der Waals surface area contributed by atoms with Gasteiger partial charge in [0, 0.05) is 15.4 Å². The van der Waals surface area contributed by atoms with Gasteiger partial charge in [-0.15, -0.1) is 11.8 Å². The second kappa shape index (κ2) is 9.00. The lowest BCUT2D eigenvalue weighted by atomic mass is 10.1. The molecular weight excluding hydrogens is 306 g/mol. The third kappa shape index (κ3) is 5.33. The zero-order valence-corrected chi connectivity index (χ0v) is 14.0. The molecule has 18 heavy (non-hydrogen) atoms. The van der Waals surface area contributed by atoms with E-state index in [1.54, 1.807) is 0 Å². The molecule has 0 aliphatic carbocycles. The number of nitrogens with one attached hydrogen (secondary N) is 1. The molecule has 0 aromatic heterocycles. The van der Waals surface area contributed by atoms with Gasteiger partial charge < -0.3 is 5.32 Å². The first-order valence-electron chi connectivity index (χ1n) is 6.84. The lowest BCUT2D eigenvalue weighted by molar-refractivity contribution is 0.595. The Morgan fingerprint density at radius 1 is 1.28 bits per heavy atom. The van der Waals surface area contributed by atoms with Gasteiger partial charge in [-0.2, -0.15) is 0 Å². The molecule has 1 N–H and O–H groups in total. The van der Waals surface area contributed by atoms with Crippen molar-refractivity contribution >= 4 is 27.7 Å². The third-order valence-corrected chi connectivity index (χ3v) is 4.73. The molecule has 0 radical (unpaired) electrons. The summed E-state index contributed by atoms with van der Waals surface area (Å²) >= 11 is 5.64. The minimum atomic E-state index is 0.406. The molecule has 1 aromatic carbocycles. The maximum atomic E-state index is 3.69. The first-order chi connectivity index (χ1) is 8.69. The molecule has 0 amide bonds. The summed E-state index contributed by atoms with van der Waals surface area (Å²) in [6.07, 6.45) is 3.95. The van der Waals surface area contributed by atoms with Gasteiger partial charge in [0.1, 0.15) is 0 Å². The number of rotatable bonds is 8. The van der Waals surface area contributed by atoms with E-state index < -0.39 is 0 Å². The van der Waals surface area contributed by atoms with Crippen molar-refractivity contribution < 1.29 is 0 Å². The van der Waals surface area contributed by atoms with Gasteiger partial charge in [-0.25, -0.2) is 0 Å². The fraction of sp³-hybridized carbons (Fsp3) is 0.600. The summed E-state index contributed by atoms with van der Waals surface area (Å²) in [5.74, 6) is 1.22. The minimum absolute atomic E-state index is 0.406. The van der Waals surface area contributed by atoms with Gasteiger partial charge in [-0.05, 0) is 43.3 Å². The largest absolute Gasteiger partial charge is 0.310 e. The van der Waals surface area contributed by atoms with Crippen LogP contribution < -0.4 is 5.32 Å². The molecule has 0 aliphatic heterocycles. The number of benzene rings is 1. The number of hydrogen-bond donors (Lipinski definition) is 1. The smallest absolute Gasteiger partial charge is 0.0302 e. The Hall–Kier alpha value is 0.01000. The van der Waals surface area contributed by atoms with Crippen molar-refractivity contribution in [3.8, 4) is 0 Å². The molecular formula is C15H24BrNS. The van der Waals surface area contributed by atoms with E-state index in [1.165, 1.54) is 39.9 Å². The number of hydrogen-bond acceptors (Lipinski definition) is 2. The van der Waals surface area contributed by atoms with Crippen molar-refractivity contribution in [1.82, 2.24) is 5.32 Å². The first-order valence-corrected chi connectivity index (χ1v) is 8.62. The lowest BCUT2D eigenvalue weighted by Crippen LogP contribution is -2.18. The third-order valence-electron chi connectivity index (χ3n) is 2.97. The molecule has 3 heteroatoms. The van der Waals surface area contributed by atoms with Crippen LogP contribution >= 0.6 is 27.7 Å². The predicted molar refractivity (Wildman–Crippen MR) is 86.5 cm³/mol. The SMILES string of the molecule is CCCCCSc1ccc(C(C)NCC)c(Br)c1. The monoisotopic (exact) mass is 329 g/mol. The molecule has 1 unspecified atom stereocenters. The van der Waals surface area contributed by atoms with Crippen molar-refractivity contribution in [3.63, 3.8) is 0 Å². The Balaban J connectivity index is 2.56. The van der Waals surface area contributed by atoms with Crippen LogP contribution in [0.4, 0.5) is 0 Å². The summed E-state index contributed by atoms with van der Waals surface area (Å²) < 4.78 is 1.22. The quantitative estimate of drug-likeness (QED) is 0.506. The standard InChI is InChI=1S/C15H24BrNS/c1-4-6-7-10-18-13-8-9-14(15(16)11-13)12(3)17-5-2/h8-9,11-12,17H,4-7,10H2,1-3H3. The fourth-order valence-corrected chi connectivity index (χ4v) is 3.73. The molecule has 1 aromatic rings. The fourth-order valence-electron chi connectivity index (χ4n) is 1.91. The van der Waals surface area contributed by atoms with Gasteiger partial charge >= 0.3 is 0 Å². The normalized spacial score (nSPS) is 12.7. The topological polar surface area (TPSA) is 12.0 Å². The summed E-state index contributed by atoms with van der Waals surface area (Å²) in [4.78, 5) is 1.37. The lowest BCUT2D eigenvalue weighted by Gasteiger charge is -2.15.